The third kappa shape index (κ3) is 3.47. The van der Waals surface area contributed by atoms with Crippen LogP contribution in [0.4, 0.5) is 0 Å². The van der Waals surface area contributed by atoms with E-state index in [1.54, 1.807) is 23.9 Å². The van der Waals surface area contributed by atoms with Crippen LogP contribution in [0.2, 0.25) is 0 Å². The van der Waals surface area contributed by atoms with Crippen LogP contribution in [0.15, 0.2) is 24.1 Å². The lowest BCUT2D eigenvalue weighted by atomic mass is 9.98. The molecule has 0 radical (unpaired) electrons. The van der Waals surface area contributed by atoms with Crippen molar-refractivity contribution >= 4 is 17.2 Å². The molecule has 5 nitrogen and oxygen atoms in total. The highest BCUT2D eigenvalue weighted by atomic mass is 32.1. The van der Waals surface area contributed by atoms with Crippen LogP contribution in [-0.2, 0) is 4.79 Å². The van der Waals surface area contributed by atoms with E-state index in [4.69, 9.17) is 4.98 Å². The van der Waals surface area contributed by atoms with Gasteiger partial charge in [0, 0.05) is 36.8 Å². The Morgan fingerprint density at radius 2 is 2.22 bits per heavy atom. The second kappa shape index (κ2) is 6.83. The predicted octanol–water partition coefficient (Wildman–Crippen LogP) is 3.43. The average Bonchev–Trinajstić information content (AvgIpc) is 3.25. The molecule has 6 heteroatoms. The monoisotopic (exact) mass is 332 g/mol. The first-order valence-corrected chi connectivity index (χ1v) is 9.15. The number of likely N-dealkylation sites (tertiary alicyclic amines) is 1. The average molecular weight is 332 g/mol. The van der Waals surface area contributed by atoms with Gasteiger partial charge in [0.1, 0.15) is 6.04 Å². The van der Waals surface area contributed by atoms with Gasteiger partial charge in [-0.25, -0.2) is 9.97 Å². The van der Waals surface area contributed by atoms with Gasteiger partial charge in [0.2, 0.25) is 5.91 Å². The standard InChI is InChI=1S/C17H24N4OS/c1-12(2)15-10-23-16(19-15)14-5-4-7-20(9-14)17(22)13(3)21-8-6-18-11-21/h6,8,10-14H,4-5,7,9H2,1-3H3/t13-,14+/m1/s1. The van der Waals surface area contributed by atoms with Crippen molar-refractivity contribution in [2.75, 3.05) is 13.1 Å². The Balaban J connectivity index is 1.69. The van der Waals surface area contributed by atoms with E-state index in [0.717, 1.165) is 25.9 Å². The van der Waals surface area contributed by atoms with Crippen molar-refractivity contribution in [2.24, 2.45) is 0 Å². The fourth-order valence-electron chi connectivity index (χ4n) is 3.02. The van der Waals surface area contributed by atoms with Crippen LogP contribution >= 0.6 is 11.3 Å². The zero-order valence-electron chi connectivity index (χ0n) is 14.0. The summed E-state index contributed by atoms with van der Waals surface area (Å²) in [5.41, 5.74) is 1.17. The molecule has 2 atom stereocenters. The summed E-state index contributed by atoms with van der Waals surface area (Å²) in [6.07, 6.45) is 7.43. The molecular formula is C17H24N4OS. The second-order valence-corrected chi connectivity index (χ2v) is 7.46. The van der Waals surface area contributed by atoms with Crippen LogP contribution < -0.4 is 0 Å². The number of rotatable bonds is 4. The lowest BCUT2D eigenvalue weighted by Crippen LogP contribution is -2.42. The maximum Gasteiger partial charge on any atom is 0.245 e. The molecule has 0 bridgehead atoms. The van der Waals surface area contributed by atoms with E-state index < -0.39 is 0 Å². The molecular weight excluding hydrogens is 308 g/mol. The van der Waals surface area contributed by atoms with Crippen molar-refractivity contribution in [2.45, 2.75) is 51.5 Å². The predicted molar refractivity (Wildman–Crippen MR) is 91.7 cm³/mol. The summed E-state index contributed by atoms with van der Waals surface area (Å²) in [5, 5.41) is 3.34. The number of carbonyl (C=O) groups is 1. The highest BCUT2D eigenvalue weighted by Gasteiger charge is 2.29. The molecule has 3 heterocycles. The highest BCUT2D eigenvalue weighted by Crippen LogP contribution is 2.31. The number of piperidine rings is 1. The van der Waals surface area contributed by atoms with Crippen molar-refractivity contribution in [3.05, 3.63) is 34.8 Å². The molecule has 0 aromatic carbocycles. The maximum atomic E-state index is 12.7. The van der Waals surface area contributed by atoms with E-state index >= 15 is 0 Å². The van der Waals surface area contributed by atoms with Crippen LogP contribution in [0, 0.1) is 0 Å². The van der Waals surface area contributed by atoms with E-state index in [-0.39, 0.29) is 11.9 Å². The van der Waals surface area contributed by atoms with Gasteiger partial charge in [-0.2, -0.15) is 0 Å². The van der Waals surface area contributed by atoms with E-state index in [9.17, 15) is 4.79 Å². The zero-order valence-corrected chi connectivity index (χ0v) is 14.8. The summed E-state index contributed by atoms with van der Waals surface area (Å²) >= 11 is 1.74. The molecule has 3 rings (SSSR count). The van der Waals surface area contributed by atoms with E-state index in [2.05, 4.69) is 24.2 Å². The van der Waals surface area contributed by atoms with E-state index in [0.29, 0.717) is 11.8 Å². The second-order valence-electron chi connectivity index (χ2n) is 6.57. The lowest BCUT2D eigenvalue weighted by molar-refractivity contribution is -0.135. The summed E-state index contributed by atoms with van der Waals surface area (Å²) in [5.74, 6) is 1.01. The van der Waals surface area contributed by atoms with E-state index in [1.165, 1.54) is 10.7 Å². The fourth-order valence-corrected chi connectivity index (χ4v) is 4.13. The molecule has 2 aromatic heterocycles. The molecule has 0 aliphatic carbocycles. The molecule has 1 aliphatic heterocycles. The molecule has 0 unspecified atom stereocenters. The summed E-state index contributed by atoms with van der Waals surface area (Å²) in [6.45, 7) is 7.90. The van der Waals surface area contributed by atoms with Gasteiger partial charge in [-0.3, -0.25) is 4.79 Å². The van der Waals surface area contributed by atoms with E-state index in [1.807, 2.05) is 22.6 Å². The van der Waals surface area contributed by atoms with Crippen molar-refractivity contribution in [3.63, 3.8) is 0 Å². The molecule has 1 saturated heterocycles. The number of imidazole rings is 1. The summed E-state index contributed by atoms with van der Waals surface area (Å²) in [7, 11) is 0. The molecule has 2 aromatic rings. The number of aromatic nitrogens is 3. The quantitative estimate of drug-likeness (QED) is 0.862. The van der Waals surface area contributed by atoms with Crippen molar-refractivity contribution < 1.29 is 4.79 Å². The topological polar surface area (TPSA) is 51.0 Å². The first-order valence-electron chi connectivity index (χ1n) is 8.27. The summed E-state index contributed by atoms with van der Waals surface area (Å²) < 4.78 is 1.87. The minimum atomic E-state index is -0.196. The van der Waals surface area contributed by atoms with Gasteiger partial charge in [0.25, 0.3) is 0 Å². The number of hydrogen-bond donors (Lipinski definition) is 0. The Kier molecular flexibility index (Phi) is 4.80. The van der Waals surface area contributed by atoms with Crippen molar-refractivity contribution in [1.82, 2.24) is 19.4 Å². The van der Waals surface area contributed by atoms with Gasteiger partial charge in [0.15, 0.2) is 0 Å². The SMILES string of the molecule is CC(C)c1csc([C@H]2CCCN(C(=O)[C@@H](C)n3ccnc3)C2)n1. The third-order valence-corrected chi connectivity index (χ3v) is 5.57. The molecule has 23 heavy (non-hydrogen) atoms. The molecule has 0 N–H and O–H groups in total. The molecule has 1 fully saturated rings. The summed E-state index contributed by atoms with van der Waals surface area (Å²) in [4.78, 5) is 23.6. The number of thiazole rings is 1. The van der Waals surface area contributed by atoms with Crippen LogP contribution in [-0.4, -0.2) is 38.4 Å². The lowest BCUT2D eigenvalue weighted by Gasteiger charge is -2.33. The van der Waals surface area contributed by atoms with Crippen molar-refractivity contribution in [3.8, 4) is 0 Å². The van der Waals surface area contributed by atoms with Crippen LogP contribution in [0.5, 0.6) is 0 Å². The smallest absolute Gasteiger partial charge is 0.245 e. The first-order chi connectivity index (χ1) is 11.1. The van der Waals surface area contributed by atoms with Crippen LogP contribution in [0.3, 0.4) is 0 Å². The molecule has 1 aliphatic rings. The van der Waals surface area contributed by atoms with Gasteiger partial charge in [0.05, 0.1) is 17.0 Å². The molecule has 124 valence electrons. The molecule has 0 saturated carbocycles. The highest BCUT2D eigenvalue weighted by molar-refractivity contribution is 7.09. The Morgan fingerprint density at radius 1 is 1.39 bits per heavy atom. The normalized spacial score (nSPS) is 20.0. The molecule has 1 amide bonds. The van der Waals surface area contributed by atoms with Gasteiger partial charge in [-0.05, 0) is 25.7 Å². The minimum absolute atomic E-state index is 0.174. The van der Waals surface area contributed by atoms with Gasteiger partial charge in [-0.1, -0.05) is 13.8 Å². The van der Waals surface area contributed by atoms with Gasteiger partial charge < -0.3 is 9.47 Å². The van der Waals surface area contributed by atoms with Gasteiger partial charge >= 0.3 is 0 Å². The Labute approximate surface area is 141 Å². The maximum absolute atomic E-state index is 12.7. The fraction of sp³-hybridized carbons (Fsp3) is 0.588. The minimum Gasteiger partial charge on any atom is -0.340 e. The zero-order chi connectivity index (χ0) is 16.4. The third-order valence-electron chi connectivity index (χ3n) is 4.54. The first kappa shape index (κ1) is 16.2. The molecule has 0 spiro atoms. The summed E-state index contributed by atoms with van der Waals surface area (Å²) in [6, 6.07) is -0.196. The Bertz CT molecular complexity index is 649. The van der Waals surface area contributed by atoms with Crippen molar-refractivity contribution in [1.29, 1.82) is 0 Å². The Hall–Kier alpha value is -1.69. The number of nitrogens with zero attached hydrogens (tertiary/aromatic N) is 4. The van der Waals surface area contributed by atoms with Gasteiger partial charge in [-0.15, -0.1) is 11.3 Å². The largest absolute Gasteiger partial charge is 0.340 e. The number of amides is 1. The van der Waals surface area contributed by atoms with Crippen LogP contribution in [0.25, 0.3) is 0 Å². The number of hydrogen-bond acceptors (Lipinski definition) is 4. The Morgan fingerprint density at radius 3 is 2.87 bits per heavy atom. The van der Waals surface area contributed by atoms with Crippen LogP contribution in [0.1, 0.15) is 62.2 Å². The number of carbonyl (C=O) groups excluding carboxylic acids is 1.